The average Bonchev–Trinajstić information content (AvgIpc) is 2.92. The van der Waals surface area contributed by atoms with E-state index in [9.17, 15) is 5.11 Å². The van der Waals surface area contributed by atoms with E-state index in [1.165, 1.54) is 23.5 Å². The minimum Gasteiger partial charge on any atom is -0.387 e. The van der Waals surface area contributed by atoms with Crippen molar-refractivity contribution >= 4 is 11.8 Å². The summed E-state index contributed by atoms with van der Waals surface area (Å²) in [5.74, 6) is 3.90. The highest BCUT2D eigenvalue weighted by molar-refractivity contribution is 7.99. The van der Waals surface area contributed by atoms with Gasteiger partial charge < -0.3 is 10.4 Å². The highest BCUT2D eigenvalue weighted by Gasteiger charge is 2.15. The maximum atomic E-state index is 10.2. The smallest absolute Gasteiger partial charge is 0.0914 e. The van der Waals surface area contributed by atoms with Crippen molar-refractivity contribution in [3.8, 4) is 0 Å². The van der Waals surface area contributed by atoms with E-state index in [0.717, 1.165) is 18.0 Å². The summed E-state index contributed by atoms with van der Waals surface area (Å²) >= 11 is 2.04. The minimum absolute atomic E-state index is 0.393. The van der Waals surface area contributed by atoms with Gasteiger partial charge in [-0.15, -0.1) is 0 Å². The van der Waals surface area contributed by atoms with Gasteiger partial charge in [-0.3, -0.25) is 0 Å². The maximum absolute atomic E-state index is 10.2. The molecule has 1 saturated heterocycles. The van der Waals surface area contributed by atoms with Gasteiger partial charge in [-0.1, -0.05) is 38.1 Å². The second kappa shape index (κ2) is 7.32. The molecule has 3 heteroatoms. The molecule has 2 nitrogen and oxygen atoms in total. The zero-order chi connectivity index (χ0) is 13.7. The number of aliphatic hydroxyl groups is 1. The van der Waals surface area contributed by atoms with Crippen LogP contribution in [0, 0.1) is 5.92 Å². The minimum atomic E-state index is -0.393. The van der Waals surface area contributed by atoms with Crippen molar-refractivity contribution in [1.82, 2.24) is 5.32 Å². The van der Waals surface area contributed by atoms with Crippen LogP contribution in [0.5, 0.6) is 0 Å². The molecule has 1 fully saturated rings. The first-order valence-electron chi connectivity index (χ1n) is 7.23. The van der Waals surface area contributed by atoms with Crippen LogP contribution >= 0.6 is 11.8 Å². The van der Waals surface area contributed by atoms with Gasteiger partial charge in [0.2, 0.25) is 0 Å². The van der Waals surface area contributed by atoms with E-state index in [1.54, 1.807) is 0 Å². The summed E-state index contributed by atoms with van der Waals surface area (Å²) in [6, 6.07) is 8.34. The Morgan fingerprint density at radius 3 is 2.53 bits per heavy atom. The Bertz CT molecular complexity index is 371. The molecule has 0 bridgehead atoms. The molecule has 2 N–H and O–H groups in total. The van der Waals surface area contributed by atoms with Crippen molar-refractivity contribution in [3.05, 3.63) is 35.4 Å². The summed E-state index contributed by atoms with van der Waals surface area (Å²) in [4.78, 5) is 0. The van der Waals surface area contributed by atoms with Crippen LogP contribution < -0.4 is 5.32 Å². The first kappa shape index (κ1) is 14.9. The molecule has 2 unspecified atom stereocenters. The molecule has 1 heterocycles. The molecule has 2 rings (SSSR count). The molecule has 2 atom stereocenters. The lowest BCUT2D eigenvalue weighted by Gasteiger charge is -2.15. The Kier molecular flexibility index (Phi) is 5.74. The van der Waals surface area contributed by atoms with Crippen molar-refractivity contribution < 1.29 is 5.11 Å². The van der Waals surface area contributed by atoms with Gasteiger partial charge in [0.25, 0.3) is 0 Å². The van der Waals surface area contributed by atoms with Crippen molar-refractivity contribution in [1.29, 1.82) is 0 Å². The molecule has 1 aliphatic rings. The topological polar surface area (TPSA) is 32.3 Å². The molecule has 1 aliphatic heterocycles. The van der Waals surface area contributed by atoms with Crippen LogP contribution in [0.4, 0.5) is 0 Å². The van der Waals surface area contributed by atoms with Crippen LogP contribution in [-0.4, -0.2) is 29.7 Å². The van der Waals surface area contributed by atoms with E-state index in [2.05, 4.69) is 31.3 Å². The Morgan fingerprint density at radius 2 is 1.95 bits per heavy atom. The predicted molar refractivity (Wildman–Crippen MR) is 83.8 cm³/mol. The third-order valence-corrected chi connectivity index (χ3v) is 5.01. The van der Waals surface area contributed by atoms with E-state index in [-0.39, 0.29) is 0 Å². The van der Waals surface area contributed by atoms with Gasteiger partial charge in [0.05, 0.1) is 6.10 Å². The molecular weight excluding hydrogens is 254 g/mol. The highest BCUT2D eigenvalue weighted by atomic mass is 32.2. The molecule has 0 saturated carbocycles. The van der Waals surface area contributed by atoms with Gasteiger partial charge in [-0.25, -0.2) is 0 Å². The summed E-state index contributed by atoms with van der Waals surface area (Å²) in [6.07, 6.45) is 0.923. The summed E-state index contributed by atoms with van der Waals surface area (Å²) in [7, 11) is 0. The van der Waals surface area contributed by atoms with E-state index in [1.807, 2.05) is 23.9 Å². The quantitative estimate of drug-likeness (QED) is 0.839. The van der Waals surface area contributed by atoms with Gasteiger partial charge in [0.1, 0.15) is 0 Å². The zero-order valence-corrected chi connectivity index (χ0v) is 12.7. The van der Waals surface area contributed by atoms with Crippen LogP contribution in [0.25, 0.3) is 0 Å². The number of rotatable bonds is 6. The maximum Gasteiger partial charge on any atom is 0.0914 e. The van der Waals surface area contributed by atoms with Crippen LogP contribution in [-0.2, 0) is 0 Å². The number of aliphatic hydroxyl groups excluding tert-OH is 1. The van der Waals surface area contributed by atoms with Gasteiger partial charge in [-0.05, 0) is 47.4 Å². The Labute approximate surface area is 121 Å². The summed E-state index contributed by atoms with van der Waals surface area (Å²) < 4.78 is 0. The van der Waals surface area contributed by atoms with Gasteiger partial charge in [-0.2, -0.15) is 11.8 Å². The lowest BCUT2D eigenvalue weighted by Crippen LogP contribution is -2.27. The lowest BCUT2D eigenvalue weighted by atomic mass is 10.00. The normalized spacial score (nSPS) is 20.9. The van der Waals surface area contributed by atoms with Crippen molar-refractivity contribution in [3.63, 3.8) is 0 Å². The number of nitrogens with one attached hydrogen (secondary N) is 1. The number of hydrogen-bond donors (Lipinski definition) is 2. The highest BCUT2D eigenvalue weighted by Crippen LogP contribution is 2.23. The van der Waals surface area contributed by atoms with Gasteiger partial charge >= 0.3 is 0 Å². The second-order valence-electron chi connectivity index (χ2n) is 5.73. The molecule has 0 aromatic heterocycles. The molecule has 19 heavy (non-hydrogen) atoms. The average molecular weight is 279 g/mol. The third-order valence-electron chi connectivity index (χ3n) is 3.78. The molecular formula is C16H25NOS. The second-order valence-corrected chi connectivity index (χ2v) is 6.87. The van der Waals surface area contributed by atoms with Crippen LogP contribution in [0.2, 0.25) is 0 Å². The van der Waals surface area contributed by atoms with Gasteiger partial charge in [0.15, 0.2) is 0 Å². The Morgan fingerprint density at radius 1 is 1.26 bits per heavy atom. The van der Waals surface area contributed by atoms with Crippen LogP contribution in [0.1, 0.15) is 43.4 Å². The SMILES string of the molecule is CC(C)c1ccc(C(O)CNCC2CCSC2)cc1. The zero-order valence-electron chi connectivity index (χ0n) is 11.9. The molecule has 106 valence electrons. The first-order chi connectivity index (χ1) is 9.16. The molecule has 1 aromatic carbocycles. The Hall–Kier alpha value is -0.510. The fourth-order valence-electron chi connectivity index (χ4n) is 2.39. The predicted octanol–water partition coefficient (Wildman–Crippen LogP) is 3.19. The summed E-state index contributed by atoms with van der Waals surface area (Å²) in [5, 5.41) is 13.6. The van der Waals surface area contributed by atoms with Crippen LogP contribution in [0.3, 0.4) is 0 Å². The van der Waals surface area contributed by atoms with Crippen molar-refractivity contribution in [2.75, 3.05) is 24.6 Å². The summed E-state index contributed by atoms with van der Waals surface area (Å²) in [6.45, 7) is 6.07. The number of thioether (sulfide) groups is 1. The van der Waals surface area contributed by atoms with E-state index in [0.29, 0.717) is 12.5 Å². The molecule has 1 aromatic rings. The standard InChI is InChI=1S/C16H25NOS/c1-12(2)14-3-5-15(6-4-14)16(18)10-17-9-13-7-8-19-11-13/h3-6,12-13,16-18H,7-11H2,1-2H3. The molecule has 0 amide bonds. The number of hydrogen-bond acceptors (Lipinski definition) is 3. The summed E-state index contributed by atoms with van der Waals surface area (Å²) in [5.41, 5.74) is 2.34. The fourth-order valence-corrected chi connectivity index (χ4v) is 3.67. The van der Waals surface area contributed by atoms with Crippen molar-refractivity contribution in [2.24, 2.45) is 5.92 Å². The van der Waals surface area contributed by atoms with Crippen molar-refractivity contribution in [2.45, 2.75) is 32.3 Å². The third kappa shape index (κ3) is 4.51. The monoisotopic (exact) mass is 279 g/mol. The Balaban J connectivity index is 1.76. The molecule has 0 spiro atoms. The van der Waals surface area contributed by atoms with E-state index in [4.69, 9.17) is 0 Å². The molecule has 0 aliphatic carbocycles. The first-order valence-corrected chi connectivity index (χ1v) is 8.38. The number of benzene rings is 1. The largest absolute Gasteiger partial charge is 0.387 e. The lowest BCUT2D eigenvalue weighted by molar-refractivity contribution is 0.173. The fraction of sp³-hybridized carbons (Fsp3) is 0.625. The van der Waals surface area contributed by atoms with Crippen LogP contribution in [0.15, 0.2) is 24.3 Å². The van der Waals surface area contributed by atoms with Gasteiger partial charge in [0, 0.05) is 6.54 Å². The van der Waals surface area contributed by atoms with E-state index >= 15 is 0 Å². The van der Waals surface area contributed by atoms with E-state index < -0.39 is 6.10 Å². The molecule has 0 radical (unpaired) electrons.